The molecule has 1 N–H and O–H groups in total. The van der Waals surface area contributed by atoms with E-state index in [2.05, 4.69) is 50.0 Å². The molecular formula is C39H41ClN4O5. The predicted molar refractivity (Wildman–Crippen MR) is 193 cm³/mol. The SMILES string of the molecule is COC(=O)c1ccc(N2CCN(Cc3cc(OCCN4CCOCC4)ccc3-c3ccc(Cl)cc3)CC2)cc1Oc1ccc2[nH]ccc2c1. The minimum Gasteiger partial charge on any atom is -0.492 e. The Hall–Kier alpha value is -4.54. The van der Waals surface area contributed by atoms with Gasteiger partial charge >= 0.3 is 5.97 Å². The van der Waals surface area contributed by atoms with Gasteiger partial charge < -0.3 is 28.8 Å². The van der Waals surface area contributed by atoms with Crippen molar-refractivity contribution in [3.8, 4) is 28.4 Å². The van der Waals surface area contributed by atoms with Crippen LogP contribution in [0.15, 0.2) is 91.1 Å². The lowest BCUT2D eigenvalue weighted by molar-refractivity contribution is 0.0322. The first-order valence-electron chi connectivity index (χ1n) is 16.8. The first kappa shape index (κ1) is 33.0. The number of hydrogen-bond acceptors (Lipinski definition) is 8. The van der Waals surface area contributed by atoms with Crippen LogP contribution in [0.5, 0.6) is 17.2 Å². The molecule has 3 heterocycles. The number of carbonyl (C=O) groups is 1. The van der Waals surface area contributed by atoms with Gasteiger partial charge in [0.05, 0.1) is 20.3 Å². The quantitative estimate of drug-likeness (QED) is 0.148. The van der Waals surface area contributed by atoms with E-state index in [1.54, 1.807) is 6.07 Å². The zero-order valence-electron chi connectivity index (χ0n) is 27.7. The Kier molecular flexibility index (Phi) is 10.3. The van der Waals surface area contributed by atoms with Gasteiger partial charge in [0.15, 0.2) is 0 Å². The van der Waals surface area contributed by atoms with E-state index in [1.807, 2.05) is 54.7 Å². The fraction of sp³-hybridized carbons (Fsp3) is 0.308. The Labute approximate surface area is 291 Å². The number of nitrogens with zero attached hydrogens (tertiary/aromatic N) is 3. The van der Waals surface area contributed by atoms with Crippen molar-refractivity contribution in [2.75, 3.05) is 77.6 Å². The molecular weight excluding hydrogens is 640 g/mol. The number of hydrogen-bond donors (Lipinski definition) is 1. The largest absolute Gasteiger partial charge is 0.492 e. The molecule has 0 aliphatic carbocycles. The Morgan fingerprint density at radius 1 is 0.837 bits per heavy atom. The molecule has 2 saturated heterocycles. The molecule has 9 nitrogen and oxygen atoms in total. The van der Waals surface area contributed by atoms with Gasteiger partial charge in [-0.25, -0.2) is 4.79 Å². The minimum absolute atomic E-state index is 0.390. The number of methoxy groups -OCH3 is 1. The summed E-state index contributed by atoms with van der Waals surface area (Å²) in [5, 5.41) is 1.76. The summed E-state index contributed by atoms with van der Waals surface area (Å²) in [5.41, 5.74) is 5.94. The zero-order chi connectivity index (χ0) is 33.6. The highest BCUT2D eigenvalue weighted by molar-refractivity contribution is 6.30. The molecule has 254 valence electrons. The fourth-order valence-electron chi connectivity index (χ4n) is 6.52. The van der Waals surface area contributed by atoms with Crippen molar-refractivity contribution in [1.82, 2.24) is 14.8 Å². The van der Waals surface area contributed by atoms with Crippen LogP contribution in [0.3, 0.4) is 0 Å². The van der Waals surface area contributed by atoms with E-state index in [1.165, 1.54) is 18.2 Å². The van der Waals surface area contributed by atoms with E-state index < -0.39 is 5.97 Å². The summed E-state index contributed by atoms with van der Waals surface area (Å²) < 4.78 is 23.1. The minimum atomic E-state index is -0.433. The number of anilines is 1. The molecule has 0 atom stereocenters. The molecule has 1 aromatic heterocycles. The maximum atomic E-state index is 12.7. The zero-order valence-corrected chi connectivity index (χ0v) is 28.5. The van der Waals surface area contributed by atoms with Crippen LogP contribution in [0, 0.1) is 0 Å². The molecule has 0 amide bonds. The highest BCUT2D eigenvalue weighted by Crippen LogP contribution is 2.34. The number of morpholine rings is 1. The molecule has 0 bridgehead atoms. The highest BCUT2D eigenvalue weighted by atomic mass is 35.5. The van der Waals surface area contributed by atoms with E-state index in [0.717, 1.165) is 98.5 Å². The summed E-state index contributed by atoms with van der Waals surface area (Å²) in [5.74, 6) is 1.58. The second-order valence-corrected chi connectivity index (χ2v) is 12.8. The Morgan fingerprint density at radius 2 is 1.63 bits per heavy atom. The van der Waals surface area contributed by atoms with E-state index in [9.17, 15) is 4.79 Å². The summed E-state index contributed by atoms with van der Waals surface area (Å²) in [6, 6.07) is 28.0. The lowest BCUT2D eigenvalue weighted by Crippen LogP contribution is -2.46. The van der Waals surface area contributed by atoms with Crippen molar-refractivity contribution in [3.63, 3.8) is 0 Å². The van der Waals surface area contributed by atoms with Crippen LogP contribution in [-0.2, 0) is 16.0 Å². The molecule has 2 aliphatic rings. The Bertz CT molecular complexity index is 1880. The monoisotopic (exact) mass is 680 g/mol. The van der Waals surface area contributed by atoms with Gasteiger partial charge in [-0.05, 0) is 77.4 Å². The van der Waals surface area contributed by atoms with Crippen molar-refractivity contribution in [2.24, 2.45) is 0 Å². The van der Waals surface area contributed by atoms with E-state index in [4.69, 9.17) is 30.5 Å². The number of carbonyl (C=O) groups excluding carboxylic acids is 1. The standard InChI is InChI=1S/C39H41ClN4O5/c1-46-39(45)36-9-6-32(26-38(36)49-34-8-11-37-29(24-34)12-13-41-37)44-16-14-43(15-17-44)27-30-25-33(48-23-20-42-18-21-47-22-19-42)7-10-35(30)28-2-4-31(40)5-3-28/h2-13,24-26,41H,14-23,27H2,1H3. The van der Waals surface area contributed by atoms with Crippen LogP contribution in [0.1, 0.15) is 15.9 Å². The van der Waals surface area contributed by atoms with Gasteiger partial charge in [-0.1, -0.05) is 29.8 Å². The number of H-pyrrole nitrogens is 1. The number of piperazine rings is 1. The Morgan fingerprint density at radius 3 is 2.43 bits per heavy atom. The van der Waals surface area contributed by atoms with Gasteiger partial charge in [-0.15, -0.1) is 0 Å². The molecule has 5 aromatic rings. The van der Waals surface area contributed by atoms with Crippen LogP contribution < -0.4 is 14.4 Å². The molecule has 2 aliphatic heterocycles. The van der Waals surface area contributed by atoms with Gasteiger partial charge in [0.25, 0.3) is 0 Å². The second kappa shape index (κ2) is 15.3. The summed E-state index contributed by atoms with van der Waals surface area (Å²) in [6.07, 6.45) is 1.89. The molecule has 0 spiro atoms. The van der Waals surface area contributed by atoms with Crippen LogP contribution in [-0.4, -0.2) is 93.5 Å². The van der Waals surface area contributed by atoms with Crippen LogP contribution in [0.4, 0.5) is 5.69 Å². The molecule has 0 unspecified atom stereocenters. The average Bonchev–Trinajstić information content (AvgIpc) is 3.61. The van der Waals surface area contributed by atoms with Crippen molar-refractivity contribution in [1.29, 1.82) is 0 Å². The number of fused-ring (bicyclic) bond motifs is 1. The van der Waals surface area contributed by atoms with E-state index in [-0.39, 0.29) is 0 Å². The number of halogens is 1. The van der Waals surface area contributed by atoms with Crippen molar-refractivity contribution in [3.05, 3.63) is 107 Å². The van der Waals surface area contributed by atoms with Crippen molar-refractivity contribution < 1.29 is 23.7 Å². The first-order chi connectivity index (χ1) is 24.0. The van der Waals surface area contributed by atoms with Crippen molar-refractivity contribution >= 4 is 34.2 Å². The highest BCUT2D eigenvalue weighted by Gasteiger charge is 2.22. The summed E-state index contributed by atoms with van der Waals surface area (Å²) in [7, 11) is 1.39. The average molecular weight is 681 g/mol. The van der Waals surface area contributed by atoms with Gasteiger partial charge in [-0.3, -0.25) is 9.80 Å². The van der Waals surface area contributed by atoms with Gasteiger partial charge in [0.1, 0.15) is 29.4 Å². The number of rotatable bonds is 11. The maximum Gasteiger partial charge on any atom is 0.341 e. The Balaban J connectivity index is 1.04. The fourth-order valence-corrected chi connectivity index (χ4v) is 6.64. The molecule has 0 radical (unpaired) electrons. The number of ether oxygens (including phenoxy) is 4. The third kappa shape index (κ3) is 8.03. The van der Waals surface area contributed by atoms with E-state index in [0.29, 0.717) is 23.7 Å². The topological polar surface area (TPSA) is 79.5 Å². The number of esters is 1. The van der Waals surface area contributed by atoms with Gasteiger partial charge in [-0.2, -0.15) is 0 Å². The molecule has 0 saturated carbocycles. The third-order valence-electron chi connectivity index (χ3n) is 9.27. The molecule has 49 heavy (non-hydrogen) atoms. The number of benzene rings is 4. The van der Waals surface area contributed by atoms with Crippen LogP contribution >= 0.6 is 11.6 Å². The van der Waals surface area contributed by atoms with Crippen LogP contribution in [0.2, 0.25) is 5.02 Å². The molecule has 4 aromatic carbocycles. The normalized spacial score (nSPS) is 15.8. The van der Waals surface area contributed by atoms with Gasteiger partial charge in [0, 0.05) is 86.2 Å². The summed E-state index contributed by atoms with van der Waals surface area (Å²) in [4.78, 5) is 23.1. The van der Waals surface area contributed by atoms with E-state index >= 15 is 0 Å². The first-order valence-corrected chi connectivity index (χ1v) is 17.2. The third-order valence-corrected chi connectivity index (χ3v) is 9.52. The lowest BCUT2D eigenvalue weighted by Gasteiger charge is -2.36. The number of aromatic nitrogens is 1. The molecule has 2 fully saturated rings. The lowest BCUT2D eigenvalue weighted by atomic mass is 9.98. The molecule has 7 rings (SSSR count). The number of nitrogens with one attached hydrogen (secondary N) is 1. The van der Waals surface area contributed by atoms with Crippen molar-refractivity contribution in [2.45, 2.75) is 6.54 Å². The van der Waals surface area contributed by atoms with Crippen LogP contribution in [0.25, 0.3) is 22.0 Å². The summed E-state index contributed by atoms with van der Waals surface area (Å²) in [6.45, 7) is 9.20. The number of aromatic amines is 1. The summed E-state index contributed by atoms with van der Waals surface area (Å²) >= 11 is 6.23. The smallest absolute Gasteiger partial charge is 0.341 e. The maximum absolute atomic E-state index is 12.7. The predicted octanol–water partition coefficient (Wildman–Crippen LogP) is 7.10. The molecule has 10 heteroatoms. The second-order valence-electron chi connectivity index (χ2n) is 12.4. The van der Waals surface area contributed by atoms with Gasteiger partial charge in [0.2, 0.25) is 0 Å².